The highest BCUT2D eigenvalue weighted by Crippen LogP contribution is 2.31. The second kappa shape index (κ2) is 5.29. The van der Waals surface area contributed by atoms with Crippen LogP contribution in [0.1, 0.15) is 17.7 Å². The van der Waals surface area contributed by atoms with E-state index in [-0.39, 0.29) is 0 Å². The van der Waals surface area contributed by atoms with Crippen LogP contribution < -0.4 is 5.32 Å². The van der Waals surface area contributed by atoms with Gasteiger partial charge in [0.05, 0.1) is 5.02 Å². The molecular weight excluding hydrogens is 332 g/mol. The molecule has 1 aliphatic carbocycles. The van der Waals surface area contributed by atoms with Crippen LogP contribution in [0.3, 0.4) is 0 Å². The molecule has 94 valence electrons. The van der Waals surface area contributed by atoms with E-state index in [2.05, 4.69) is 26.2 Å². The Balaban J connectivity index is 1.76. The van der Waals surface area contributed by atoms with Gasteiger partial charge in [0.2, 0.25) is 0 Å². The van der Waals surface area contributed by atoms with Crippen molar-refractivity contribution in [3.63, 3.8) is 0 Å². The van der Waals surface area contributed by atoms with Gasteiger partial charge in [-0.1, -0.05) is 17.7 Å². The zero-order valence-corrected chi connectivity index (χ0v) is 12.8. The van der Waals surface area contributed by atoms with Gasteiger partial charge in [0, 0.05) is 33.7 Å². The average molecular weight is 344 g/mol. The lowest BCUT2D eigenvalue weighted by Crippen LogP contribution is -2.14. The molecule has 0 atom stereocenters. The van der Waals surface area contributed by atoms with E-state index in [1.54, 1.807) is 11.3 Å². The third-order valence-electron chi connectivity index (χ3n) is 2.86. The van der Waals surface area contributed by atoms with Gasteiger partial charge in [-0.25, -0.2) is 4.98 Å². The Kier molecular flexibility index (Phi) is 3.71. The highest BCUT2D eigenvalue weighted by Gasteiger charge is 2.20. The number of hydrogen-bond acceptors (Lipinski definition) is 3. The average Bonchev–Trinajstić information content (AvgIpc) is 3.08. The maximum atomic E-state index is 5.99. The molecule has 2 nitrogen and oxygen atoms in total. The number of benzene rings is 1. The second-order valence-corrected chi connectivity index (χ2v) is 6.79. The summed E-state index contributed by atoms with van der Waals surface area (Å²) in [5.41, 5.74) is 1.11. The second-order valence-electron chi connectivity index (χ2n) is 4.42. The Hall–Kier alpha value is -0.420. The lowest BCUT2D eigenvalue weighted by Gasteiger charge is -2.00. The van der Waals surface area contributed by atoms with E-state index in [1.165, 1.54) is 17.7 Å². The summed E-state index contributed by atoms with van der Waals surface area (Å²) < 4.78 is 0.912. The van der Waals surface area contributed by atoms with Gasteiger partial charge in [-0.15, -0.1) is 11.3 Å². The van der Waals surface area contributed by atoms with Crippen LogP contribution in [0.4, 0.5) is 0 Å². The van der Waals surface area contributed by atoms with Gasteiger partial charge >= 0.3 is 0 Å². The first kappa shape index (κ1) is 12.6. The third-order valence-corrected chi connectivity index (χ3v) is 5.12. The lowest BCUT2D eigenvalue weighted by atomic mass is 10.2. The first-order valence-electron chi connectivity index (χ1n) is 5.86. The molecule has 3 rings (SSSR count). The standard InChI is InChI=1S/C13H12BrClN2S/c14-11-5-8(1-4-12(11)15)13-17-7-10(18-13)6-16-9-2-3-9/h1,4-5,7,9,16H,2-3,6H2. The Morgan fingerprint density at radius 2 is 2.28 bits per heavy atom. The molecule has 1 fully saturated rings. The molecule has 0 bridgehead atoms. The van der Waals surface area contributed by atoms with Gasteiger partial charge in [0.15, 0.2) is 0 Å². The van der Waals surface area contributed by atoms with Crippen LogP contribution in [0, 0.1) is 0 Å². The van der Waals surface area contributed by atoms with Crippen molar-refractivity contribution in [2.75, 3.05) is 0 Å². The van der Waals surface area contributed by atoms with Crippen molar-refractivity contribution in [3.8, 4) is 10.6 Å². The molecule has 0 amide bonds. The monoisotopic (exact) mass is 342 g/mol. The molecule has 18 heavy (non-hydrogen) atoms. The number of halogens is 2. The van der Waals surface area contributed by atoms with Crippen LogP contribution in [0.5, 0.6) is 0 Å². The Bertz CT molecular complexity index is 566. The molecule has 0 radical (unpaired) electrons. The lowest BCUT2D eigenvalue weighted by molar-refractivity contribution is 0.694. The molecule has 1 heterocycles. The summed E-state index contributed by atoms with van der Waals surface area (Å²) in [6.07, 6.45) is 4.59. The molecule has 2 aromatic rings. The quantitative estimate of drug-likeness (QED) is 0.885. The molecule has 1 N–H and O–H groups in total. The smallest absolute Gasteiger partial charge is 0.123 e. The molecule has 1 aliphatic rings. The van der Waals surface area contributed by atoms with Crippen molar-refractivity contribution >= 4 is 38.9 Å². The molecule has 0 spiro atoms. The summed E-state index contributed by atoms with van der Waals surface area (Å²) in [5.74, 6) is 0. The fourth-order valence-electron chi connectivity index (χ4n) is 1.68. The number of thiazole rings is 1. The van der Waals surface area contributed by atoms with E-state index in [1.807, 2.05) is 24.4 Å². The predicted molar refractivity (Wildman–Crippen MR) is 80.1 cm³/mol. The fraction of sp³-hybridized carbons (Fsp3) is 0.308. The largest absolute Gasteiger partial charge is 0.309 e. The van der Waals surface area contributed by atoms with Gasteiger partial charge < -0.3 is 5.32 Å². The van der Waals surface area contributed by atoms with Gasteiger partial charge in [0.25, 0.3) is 0 Å². The van der Waals surface area contributed by atoms with E-state index < -0.39 is 0 Å². The van der Waals surface area contributed by atoms with Gasteiger partial charge in [-0.3, -0.25) is 0 Å². The summed E-state index contributed by atoms with van der Waals surface area (Å²) in [7, 11) is 0. The molecule has 0 unspecified atom stereocenters. The van der Waals surface area contributed by atoms with Crippen molar-refractivity contribution in [3.05, 3.63) is 38.8 Å². The Morgan fingerprint density at radius 1 is 1.44 bits per heavy atom. The van der Waals surface area contributed by atoms with E-state index in [9.17, 15) is 0 Å². The highest BCUT2D eigenvalue weighted by molar-refractivity contribution is 9.10. The minimum absolute atomic E-state index is 0.728. The first-order chi connectivity index (χ1) is 8.72. The summed E-state index contributed by atoms with van der Waals surface area (Å²) >= 11 is 11.2. The van der Waals surface area contributed by atoms with Gasteiger partial charge in [-0.05, 0) is 40.9 Å². The topological polar surface area (TPSA) is 24.9 Å². The predicted octanol–water partition coefficient (Wildman–Crippen LogP) is 4.48. The fourth-order valence-corrected chi connectivity index (χ4v) is 3.04. The Labute approximate surface area is 124 Å². The van der Waals surface area contributed by atoms with E-state index in [0.717, 1.165) is 32.7 Å². The first-order valence-corrected chi connectivity index (χ1v) is 7.84. The summed E-state index contributed by atoms with van der Waals surface area (Å²) in [6, 6.07) is 6.65. The molecule has 1 saturated carbocycles. The van der Waals surface area contributed by atoms with Gasteiger partial charge in [-0.2, -0.15) is 0 Å². The Morgan fingerprint density at radius 3 is 3.00 bits per heavy atom. The minimum Gasteiger partial charge on any atom is -0.309 e. The number of rotatable bonds is 4. The van der Waals surface area contributed by atoms with Crippen molar-refractivity contribution in [1.29, 1.82) is 0 Å². The molecular formula is C13H12BrClN2S. The van der Waals surface area contributed by atoms with Crippen LogP contribution >= 0.6 is 38.9 Å². The normalized spacial score (nSPS) is 15.0. The molecule has 1 aromatic heterocycles. The van der Waals surface area contributed by atoms with Crippen molar-refractivity contribution in [2.24, 2.45) is 0 Å². The van der Waals surface area contributed by atoms with Crippen molar-refractivity contribution in [2.45, 2.75) is 25.4 Å². The summed E-state index contributed by atoms with van der Waals surface area (Å²) in [4.78, 5) is 5.75. The van der Waals surface area contributed by atoms with Gasteiger partial charge in [0.1, 0.15) is 5.01 Å². The zero-order valence-electron chi connectivity index (χ0n) is 9.62. The molecule has 5 heteroatoms. The van der Waals surface area contributed by atoms with Crippen LogP contribution in [0.2, 0.25) is 5.02 Å². The zero-order chi connectivity index (χ0) is 12.5. The maximum absolute atomic E-state index is 5.99. The van der Waals surface area contributed by atoms with E-state index in [0.29, 0.717) is 0 Å². The number of nitrogens with zero attached hydrogens (tertiary/aromatic N) is 1. The van der Waals surface area contributed by atoms with Crippen LogP contribution in [0.25, 0.3) is 10.6 Å². The maximum Gasteiger partial charge on any atom is 0.123 e. The van der Waals surface area contributed by atoms with Crippen LogP contribution in [0.15, 0.2) is 28.9 Å². The minimum atomic E-state index is 0.728. The highest BCUT2D eigenvalue weighted by atomic mass is 79.9. The molecule has 0 aliphatic heterocycles. The summed E-state index contributed by atoms with van der Waals surface area (Å²) in [5, 5.41) is 5.27. The van der Waals surface area contributed by atoms with Crippen LogP contribution in [-0.4, -0.2) is 11.0 Å². The van der Waals surface area contributed by atoms with Crippen LogP contribution in [-0.2, 0) is 6.54 Å². The summed E-state index contributed by atoms with van der Waals surface area (Å²) in [6.45, 7) is 0.928. The molecule has 1 aromatic carbocycles. The molecule has 0 saturated heterocycles. The SMILES string of the molecule is Clc1ccc(-c2ncc(CNC3CC3)s2)cc1Br. The number of hydrogen-bond donors (Lipinski definition) is 1. The third kappa shape index (κ3) is 2.94. The van der Waals surface area contributed by atoms with E-state index in [4.69, 9.17) is 11.6 Å². The van der Waals surface area contributed by atoms with Crippen molar-refractivity contribution in [1.82, 2.24) is 10.3 Å². The number of nitrogens with one attached hydrogen (secondary N) is 1. The van der Waals surface area contributed by atoms with Crippen molar-refractivity contribution < 1.29 is 0 Å². The van der Waals surface area contributed by atoms with E-state index >= 15 is 0 Å². The number of aromatic nitrogens is 1.